The molecule has 0 radical (unpaired) electrons. The van der Waals surface area contributed by atoms with E-state index in [9.17, 15) is 8.42 Å². The third-order valence-corrected chi connectivity index (χ3v) is 7.12. The highest BCUT2D eigenvalue weighted by Gasteiger charge is 2.30. The molecule has 0 N–H and O–H groups in total. The van der Waals surface area contributed by atoms with Crippen molar-refractivity contribution < 1.29 is 8.42 Å². The largest absolute Gasteiger partial charge is 0.370 e. The molecule has 0 bridgehead atoms. The van der Waals surface area contributed by atoms with Gasteiger partial charge in [-0.15, -0.1) is 11.8 Å². The van der Waals surface area contributed by atoms with Gasteiger partial charge in [0.1, 0.15) is 0 Å². The summed E-state index contributed by atoms with van der Waals surface area (Å²) in [5.74, 6) is 2.05. The van der Waals surface area contributed by atoms with E-state index in [4.69, 9.17) is 11.6 Å². The molecule has 3 nitrogen and oxygen atoms in total. The summed E-state index contributed by atoms with van der Waals surface area (Å²) < 4.78 is 23.2. The van der Waals surface area contributed by atoms with Crippen molar-refractivity contribution in [3.05, 3.63) is 23.2 Å². The molecule has 1 atom stereocenters. The SMILES string of the molecule is O=S1(=O)CCC(CN2CCCSc3ccc(Cl)cc32)C1. The highest BCUT2D eigenvalue weighted by atomic mass is 35.5. The quantitative estimate of drug-likeness (QED) is 0.834. The number of halogens is 1. The third-order valence-electron chi connectivity index (χ3n) is 3.90. The number of thioether (sulfide) groups is 1. The molecule has 1 fully saturated rings. The molecule has 110 valence electrons. The van der Waals surface area contributed by atoms with Crippen molar-refractivity contribution in [3.63, 3.8) is 0 Å². The first kappa shape index (κ1) is 14.5. The topological polar surface area (TPSA) is 37.4 Å². The molecular weight excluding hydrogens is 314 g/mol. The molecule has 2 aliphatic heterocycles. The molecular formula is C14H18ClNO2S2. The summed E-state index contributed by atoms with van der Waals surface area (Å²) in [5.41, 5.74) is 1.17. The summed E-state index contributed by atoms with van der Waals surface area (Å²) in [7, 11) is -2.80. The van der Waals surface area contributed by atoms with Gasteiger partial charge in [-0.1, -0.05) is 11.6 Å². The summed E-state index contributed by atoms with van der Waals surface area (Å²) in [6.45, 7) is 1.81. The van der Waals surface area contributed by atoms with Gasteiger partial charge >= 0.3 is 0 Å². The van der Waals surface area contributed by atoms with Crippen LogP contribution in [0, 0.1) is 5.92 Å². The highest BCUT2D eigenvalue weighted by molar-refractivity contribution is 7.99. The second-order valence-corrected chi connectivity index (χ2v) is 9.33. The van der Waals surface area contributed by atoms with E-state index >= 15 is 0 Å². The smallest absolute Gasteiger partial charge is 0.150 e. The van der Waals surface area contributed by atoms with Gasteiger partial charge in [0.2, 0.25) is 0 Å². The number of sulfone groups is 1. The van der Waals surface area contributed by atoms with Gasteiger partial charge in [-0.05, 0) is 42.7 Å². The Hall–Kier alpha value is -0.390. The van der Waals surface area contributed by atoms with Gasteiger partial charge < -0.3 is 4.90 Å². The minimum Gasteiger partial charge on any atom is -0.370 e. The van der Waals surface area contributed by atoms with Crippen LogP contribution in [0.2, 0.25) is 5.02 Å². The molecule has 1 aromatic carbocycles. The van der Waals surface area contributed by atoms with Crippen LogP contribution in [0.25, 0.3) is 0 Å². The lowest BCUT2D eigenvalue weighted by atomic mass is 10.1. The van der Waals surface area contributed by atoms with Crippen LogP contribution in [0.5, 0.6) is 0 Å². The van der Waals surface area contributed by atoms with Gasteiger partial charge in [-0.25, -0.2) is 8.42 Å². The van der Waals surface area contributed by atoms with Gasteiger partial charge in [0.25, 0.3) is 0 Å². The molecule has 2 heterocycles. The number of benzene rings is 1. The van der Waals surface area contributed by atoms with E-state index in [1.54, 1.807) is 0 Å². The molecule has 1 unspecified atom stereocenters. The third kappa shape index (κ3) is 3.26. The van der Waals surface area contributed by atoms with Crippen LogP contribution in [-0.2, 0) is 9.84 Å². The second kappa shape index (κ2) is 5.78. The molecule has 20 heavy (non-hydrogen) atoms. The van der Waals surface area contributed by atoms with E-state index in [2.05, 4.69) is 11.0 Å². The summed E-state index contributed by atoms with van der Waals surface area (Å²) in [4.78, 5) is 3.58. The normalized spacial score (nSPS) is 25.2. The first-order chi connectivity index (χ1) is 9.53. The standard InChI is InChI=1S/C14H18ClNO2S2/c15-12-2-3-14-13(8-12)16(5-1-6-19-14)9-11-4-7-20(17,18)10-11/h2-3,8,11H,1,4-7,9-10H2. The zero-order valence-electron chi connectivity index (χ0n) is 11.2. The number of nitrogens with zero attached hydrogens (tertiary/aromatic N) is 1. The van der Waals surface area contributed by atoms with Crippen molar-refractivity contribution in [1.82, 2.24) is 0 Å². The average Bonchev–Trinajstić information content (AvgIpc) is 2.62. The molecule has 6 heteroatoms. The van der Waals surface area contributed by atoms with Crippen molar-refractivity contribution in [1.29, 1.82) is 0 Å². The predicted molar refractivity (Wildman–Crippen MR) is 85.8 cm³/mol. The van der Waals surface area contributed by atoms with Crippen LogP contribution in [0.15, 0.2) is 23.1 Å². The number of anilines is 1. The summed E-state index contributed by atoms with van der Waals surface area (Å²) in [5, 5.41) is 0.746. The van der Waals surface area contributed by atoms with E-state index in [0.29, 0.717) is 11.5 Å². The Morgan fingerprint density at radius 1 is 1.40 bits per heavy atom. The van der Waals surface area contributed by atoms with Crippen LogP contribution >= 0.6 is 23.4 Å². The van der Waals surface area contributed by atoms with Crippen LogP contribution in [0.4, 0.5) is 5.69 Å². The summed E-state index contributed by atoms with van der Waals surface area (Å²) in [6, 6.07) is 6.02. The number of fused-ring (bicyclic) bond motifs is 1. The van der Waals surface area contributed by atoms with Crippen LogP contribution in [0.3, 0.4) is 0 Å². The van der Waals surface area contributed by atoms with E-state index in [-0.39, 0.29) is 5.92 Å². The number of hydrogen-bond donors (Lipinski definition) is 0. The lowest BCUT2D eigenvalue weighted by Gasteiger charge is -2.27. The second-order valence-electron chi connectivity index (χ2n) is 5.53. The van der Waals surface area contributed by atoms with E-state index < -0.39 is 9.84 Å². The molecule has 0 amide bonds. The van der Waals surface area contributed by atoms with Gasteiger partial charge in [-0.3, -0.25) is 0 Å². The van der Waals surface area contributed by atoms with E-state index in [1.807, 2.05) is 23.9 Å². The minimum atomic E-state index is -2.80. The van der Waals surface area contributed by atoms with E-state index in [1.165, 1.54) is 10.6 Å². The van der Waals surface area contributed by atoms with Crippen molar-refractivity contribution in [2.24, 2.45) is 5.92 Å². The Labute approximate surface area is 129 Å². The van der Waals surface area contributed by atoms with Crippen molar-refractivity contribution in [3.8, 4) is 0 Å². The average molecular weight is 332 g/mol. The maximum absolute atomic E-state index is 11.6. The molecule has 2 aliphatic rings. The fourth-order valence-electron chi connectivity index (χ4n) is 2.94. The number of hydrogen-bond acceptors (Lipinski definition) is 4. The first-order valence-corrected chi connectivity index (χ1v) is 10.1. The van der Waals surface area contributed by atoms with Gasteiger partial charge in [0.15, 0.2) is 9.84 Å². The lowest BCUT2D eigenvalue weighted by Crippen LogP contribution is -2.31. The Morgan fingerprint density at radius 3 is 3.00 bits per heavy atom. The fourth-order valence-corrected chi connectivity index (χ4v) is 5.94. The zero-order chi connectivity index (χ0) is 14.2. The zero-order valence-corrected chi connectivity index (χ0v) is 13.6. The highest BCUT2D eigenvalue weighted by Crippen LogP contribution is 2.36. The van der Waals surface area contributed by atoms with E-state index in [0.717, 1.165) is 36.7 Å². The van der Waals surface area contributed by atoms with Gasteiger partial charge in [-0.2, -0.15) is 0 Å². The van der Waals surface area contributed by atoms with Crippen molar-refractivity contribution in [2.45, 2.75) is 17.7 Å². The maximum Gasteiger partial charge on any atom is 0.150 e. The molecule has 0 aromatic heterocycles. The van der Waals surface area contributed by atoms with Crippen LogP contribution in [0.1, 0.15) is 12.8 Å². The van der Waals surface area contributed by atoms with Crippen molar-refractivity contribution >= 4 is 38.9 Å². The Balaban J connectivity index is 1.81. The minimum absolute atomic E-state index is 0.259. The number of rotatable bonds is 2. The molecule has 1 aromatic rings. The van der Waals surface area contributed by atoms with Crippen LogP contribution < -0.4 is 4.90 Å². The lowest BCUT2D eigenvalue weighted by molar-refractivity contribution is 0.564. The molecule has 3 rings (SSSR count). The summed E-state index contributed by atoms with van der Waals surface area (Å²) in [6.07, 6.45) is 1.91. The molecule has 0 spiro atoms. The van der Waals surface area contributed by atoms with Crippen LogP contribution in [-0.4, -0.2) is 38.8 Å². The monoisotopic (exact) mass is 331 g/mol. The molecule has 0 aliphatic carbocycles. The maximum atomic E-state index is 11.6. The Kier molecular flexibility index (Phi) is 4.20. The fraction of sp³-hybridized carbons (Fsp3) is 0.571. The summed E-state index contributed by atoms with van der Waals surface area (Å²) >= 11 is 7.99. The van der Waals surface area contributed by atoms with Gasteiger partial charge in [0.05, 0.1) is 17.2 Å². The Morgan fingerprint density at radius 2 is 2.25 bits per heavy atom. The Bertz CT molecular complexity index is 603. The van der Waals surface area contributed by atoms with Gasteiger partial charge in [0, 0.05) is 23.0 Å². The molecule has 1 saturated heterocycles. The predicted octanol–water partition coefficient (Wildman–Crippen LogP) is 3.08. The van der Waals surface area contributed by atoms with Crippen molar-refractivity contribution in [2.75, 3.05) is 35.2 Å². The molecule has 0 saturated carbocycles. The first-order valence-electron chi connectivity index (χ1n) is 6.91.